The zero-order chi connectivity index (χ0) is 12.1. The van der Waals surface area contributed by atoms with Crippen molar-refractivity contribution in [3.05, 3.63) is 0 Å². The van der Waals surface area contributed by atoms with Crippen molar-refractivity contribution in [3.63, 3.8) is 0 Å². The van der Waals surface area contributed by atoms with Gasteiger partial charge in [0.25, 0.3) is 0 Å². The van der Waals surface area contributed by atoms with Crippen molar-refractivity contribution in [2.75, 3.05) is 0 Å². The SMILES string of the molecule is CCCCCCCCC(N)C1CC2CCC1O2. The van der Waals surface area contributed by atoms with E-state index in [1.54, 1.807) is 0 Å². The molecule has 100 valence electrons. The van der Waals surface area contributed by atoms with Gasteiger partial charge in [-0.3, -0.25) is 0 Å². The standard InChI is InChI=1S/C15H29NO/c1-2-3-4-5-6-7-8-14(16)13-11-12-9-10-15(13)17-12/h12-15H,2-11,16H2,1H3. The first kappa shape index (κ1) is 13.4. The Kier molecular flexibility index (Phi) is 5.30. The molecule has 2 aliphatic heterocycles. The number of fused-ring (bicyclic) bond motifs is 2. The van der Waals surface area contributed by atoms with Gasteiger partial charge in [0.1, 0.15) is 0 Å². The average Bonchev–Trinajstić information content (AvgIpc) is 2.95. The van der Waals surface area contributed by atoms with Crippen LogP contribution < -0.4 is 5.73 Å². The number of hydrogen-bond donors (Lipinski definition) is 1. The molecule has 0 amide bonds. The molecule has 2 saturated heterocycles. The third-order valence-corrected chi connectivity index (χ3v) is 4.59. The molecular weight excluding hydrogens is 210 g/mol. The Hall–Kier alpha value is -0.0800. The molecule has 2 fully saturated rings. The van der Waals surface area contributed by atoms with E-state index in [1.165, 1.54) is 64.2 Å². The van der Waals surface area contributed by atoms with Gasteiger partial charge in [-0.25, -0.2) is 0 Å². The fourth-order valence-electron chi connectivity index (χ4n) is 3.50. The molecule has 4 unspecified atom stereocenters. The molecule has 2 bridgehead atoms. The molecule has 0 aromatic rings. The van der Waals surface area contributed by atoms with Crippen LogP contribution in [0.3, 0.4) is 0 Å². The molecule has 0 aromatic heterocycles. The van der Waals surface area contributed by atoms with Gasteiger partial charge in [-0.2, -0.15) is 0 Å². The predicted octanol–water partition coefficient (Wildman–Crippen LogP) is 3.63. The van der Waals surface area contributed by atoms with Gasteiger partial charge in [-0.05, 0) is 25.7 Å². The lowest BCUT2D eigenvalue weighted by Gasteiger charge is -2.25. The number of unbranched alkanes of at least 4 members (excludes halogenated alkanes) is 5. The lowest BCUT2D eigenvalue weighted by molar-refractivity contribution is 0.0877. The molecule has 0 aliphatic carbocycles. The van der Waals surface area contributed by atoms with E-state index in [-0.39, 0.29) is 0 Å². The highest BCUT2D eigenvalue weighted by molar-refractivity contribution is 4.93. The lowest BCUT2D eigenvalue weighted by atomic mass is 9.82. The highest BCUT2D eigenvalue weighted by atomic mass is 16.5. The van der Waals surface area contributed by atoms with Crippen LogP contribution in [0.25, 0.3) is 0 Å². The van der Waals surface area contributed by atoms with Crippen molar-refractivity contribution in [3.8, 4) is 0 Å². The monoisotopic (exact) mass is 239 g/mol. The highest BCUT2D eigenvalue weighted by Crippen LogP contribution is 2.40. The van der Waals surface area contributed by atoms with Crippen molar-refractivity contribution < 1.29 is 4.74 Å². The minimum Gasteiger partial charge on any atom is -0.375 e. The summed E-state index contributed by atoms with van der Waals surface area (Å²) < 4.78 is 5.89. The van der Waals surface area contributed by atoms with Gasteiger partial charge in [0.05, 0.1) is 12.2 Å². The first-order valence-electron chi connectivity index (χ1n) is 7.72. The molecule has 2 rings (SSSR count). The fourth-order valence-corrected chi connectivity index (χ4v) is 3.50. The summed E-state index contributed by atoms with van der Waals surface area (Å²) in [5.74, 6) is 0.671. The van der Waals surface area contributed by atoms with Crippen LogP contribution in [-0.2, 0) is 4.74 Å². The smallest absolute Gasteiger partial charge is 0.0623 e. The largest absolute Gasteiger partial charge is 0.375 e. The zero-order valence-electron chi connectivity index (χ0n) is 11.4. The summed E-state index contributed by atoms with van der Waals surface area (Å²) in [6, 6.07) is 0.400. The Labute approximate surface area is 106 Å². The summed E-state index contributed by atoms with van der Waals surface area (Å²) >= 11 is 0. The van der Waals surface area contributed by atoms with Gasteiger partial charge in [-0.1, -0.05) is 45.4 Å². The number of hydrogen-bond acceptors (Lipinski definition) is 2. The average molecular weight is 239 g/mol. The molecule has 0 radical (unpaired) electrons. The van der Waals surface area contributed by atoms with Gasteiger partial charge >= 0.3 is 0 Å². The Morgan fingerprint density at radius 1 is 1.12 bits per heavy atom. The molecular formula is C15H29NO. The van der Waals surface area contributed by atoms with Crippen LogP contribution in [-0.4, -0.2) is 18.2 Å². The lowest BCUT2D eigenvalue weighted by Crippen LogP contribution is -2.36. The molecule has 2 heteroatoms. The first-order chi connectivity index (χ1) is 8.31. The molecule has 2 N–H and O–H groups in total. The molecule has 0 aromatic carbocycles. The fraction of sp³-hybridized carbons (Fsp3) is 1.00. The van der Waals surface area contributed by atoms with E-state index in [4.69, 9.17) is 10.5 Å². The molecule has 4 atom stereocenters. The Balaban J connectivity index is 1.54. The number of ether oxygens (including phenoxy) is 1. The zero-order valence-corrected chi connectivity index (χ0v) is 11.4. The maximum Gasteiger partial charge on any atom is 0.0623 e. The Bertz CT molecular complexity index is 219. The van der Waals surface area contributed by atoms with E-state index in [0.717, 1.165) is 0 Å². The van der Waals surface area contributed by atoms with E-state index in [2.05, 4.69) is 6.92 Å². The van der Waals surface area contributed by atoms with Crippen LogP contribution in [0, 0.1) is 5.92 Å². The van der Waals surface area contributed by atoms with Crippen molar-refractivity contribution in [2.45, 2.75) is 89.4 Å². The van der Waals surface area contributed by atoms with E-state index in [1.807, 2.05) is 0 Å². The maximum absolute atomic E-state index is 6.33. The van der Waals surface area contributed by atoms with E-state index < -0.39 is 0 Å². The van der Waals surface area contributed by atoms with Crippen LogP contribution in [0.15, 0.2) is 0 Å². The van der Waals surface area contributed by atoms with Crippen LogP contribution in [0.1, 0.15) is 71.1 Å². The molecule has 2 nitrogen and oxygen atoms in total. The van der Waals surface area contributed by atoms with Gasteiger partial charge in [0.2, 0.25) is 0 Å². The summed E-state index contributed by atoms with van der Waals surface area (Å²) in [6.07, 6.45) is 14.3. The highest BCUT2D eigenvalue weighted by Gasteiger charge is 2.42. The van der Waals surface area contributed by atoms with Gasteiger partial charge in [0, 0.05) is 12.0 Å². The third kappa shape index (κ3) is 3.69. The molecule has 0 saturated carbocycles. The molecule has 2 heterocycles. The predicted molar refractivity (Wildman–Crippen MR) is 72.0 cm³/mol. The number of rotatable bonds is 8. The van der Waals surface area contributed by atoms with Gasteiger partial charge < -0.3 is 10.5 Å². The van der Waals surface area contributed by atoms with Crippen molar-refractivity contribution >= 4 is 0 Å². The van der Waals surface area contributed by atoms with Gasteiger partial charge in [-0.15, -0.1) is 0 Å². The molecule has 2 aliphatic rings. The van der Waals surface area contributed by atoms with E-state index >= 15 is 0 Å². The minimum atomic E-state index is 0.400. The number of nitrogens with two attached hydrogens (primary N) is 1. The summed E-state index contributed by atoms with van der Waals surface area (Å²) in [5.41, 5.74) is 6.33. The molecule has 0 spiro atoms. The van der Waals surface area contributed by atoms with E-state index in [0.29, 0.717) is 24.2 Å². The second kappa shape index (κ2) is 6.75. The van der Waals surface area contributed by atoms with Crippen LogP contribution in [0.2, 0.25) is 0 Å². The van der Waals surface area contributed by atoms with Crippen molar-refractivity contribution in [1.29, 1.82) is 0 Å². The van der Waals surface area contributed by atoms with Crippen LogP contribution in [0.5, 0.6) is 0 Å². The summed E-state index contributed by atoms with van der Waals surface area (Å²) in [5, 5.41) is 0. The maximum atomic E-state index is 6.33. The quantitative estimate of drug-likeness (QED) is 0.656. The minimum absolute atomic E-state index is 0.400. The summed E-state index contributed by atoms with van der Waals surface area (Å²) in [7, 11) is 0. The topological polar surface area (TPSA) is 35.2 Å². The summed E-state index contributed by atoms with van der Waals surface area (Å²) in [4.78, 5) is 0. The summed E-state index contributed by atoms with van der Waals surface area (Å²) in [6.45, 7) is 2.27. The molecule has 17 heavy (non-hydrogen) atoms. The Morgan fingerprint density at radius 3 is 2.53 bits per heavy atom. The second-order valence-electron chi connectivity index (χ2n) is 5.99. The first-order valence-corrected chi connectivity index (χ1v) is 7.72. The second-order valence-corrected chi connectivity index (χ2v) is 5.99. The normalized spacial score (nSPS) is 33.2. The van der Waals surface area contributed by atoms with Crippen LogP contribution >= 0.6 is 0 Å². The van der Waals surface area contributed by atoms with Crippen molar-refractivity contribution in [2.24, 2.45) is 11.7 Å². The Morgan fingerprint density at radius 2 is 1.88 bits per heavy atom. The third-order valence-electron chi connectivity index (χ3n) is 4.59. The van der Waals surface area contributed by atoms with Crippen LogP contribution in [0.4, 0.5) is 0 Å². The van der Waals surface area contributed by atoms with E-state index in [9.17, 15) is 0 Å². The van der Waals surface area contributed by atoms with Gasteiger partial charge in [0.15, 0.2) is 0 Å². The van der Waals surface area contributed by atoms with Crippen molar-refractivity contribution in [1.82, 2.24) is 0 Å².